The Morgan fingerprint density at radius 3 is 2.62 bits per heavy atom. The molecule has 1 unspecified atom stereocenters. The number of carbonyl (C=O) groups is 2. The van der Waals surface area contributed by atoms with E-state index in [4.69, 9.17) is 4.74 Å². The fourth-order valence-electron chi connectivity index (χ4n) is 3.57. The molecule has 5 nitrogen and oxygen atoms in total. The van der Waals surface area contributed by atoms with Crippen LogP contribution in [0.3, 0.4) is 0 Å². The quantitative estimate of drug-likeness (QED) is 0.666. The van der Waals surface area contributed by atoms with Gasteiger partial charge in [0.2, 0.25) is 5.91 Å². The maximum atomic E-state index is 13.2. The highest BCUT2D eigenvalue weighted by atomic mass is 32.2. The number of para-hydroxylation sites is 1. The van der Waals surface area contributed by atoms with Crippen LogP contribution in [0.1, 0.15) is 24.0 Å². The number of halogens is 3. The Morgan fingerprint density at radius 1 is 1.19 bits per heavy atom. The Morgan fingerprint density at radius 2 is 1.94 bits per heavy atom. The number of carbonyl (C=O) groups excluding carboxylic acids is 2. The first-order valence-electron chi connectivity index (χ1n) is 10.2. The first kappa shape index (κ1) is 22.4. The Hall–Kier alpha value is -2.78. The minimum Gasteiger partial charge on any atom is -0.376 e. The molecule has 2 amide bonds. The maximum absolute atomic E-state index is 13.2. The first-order valence-corrected chi connectivity index (χ1v) is 11.0. The molecule has 0 radical (unpaired) electrons. The summed E-state index contributed by atoms with van der Waals surface area (Å²) in [6.45, 7) is 0.923. The third kappa shape index (κ3) is 5.16. The van der Waals surface area contributed by atoms with Crippen LogP contribution >= 0.6 is 11.8 Å². The van der Waals surface area contributed by atoms with E-state index in [9.17, 15) is 22.8 Å². The van der Waals surface area contributed by atoms with Crippen LogP contribution in [0.4, 0.5) is 18.9 Å². The SMILES string of the molecule is O=C(CN1C(=O)/C(=C\c2ccc(C(F)(F)F)cc2)Sc2ccccc21)NCC1CCCO1. The summed E-state index contributed by atoms with van der Waals surface area (Å²) in [5.74, 6) is -0.676. The molecule has 2 aliphatic heterocycles. The van der Waals surface area contributed by atoms with Gasteiger partial charge in [0.05, 0.1) is 22.3 Å². The largest absolute Gasteiger partial charge is 0.416 e. The molecule has 1 saturated heterocycles. The fourth-order valence-corrected chi connectivity index (χ4v) is 4.63. The number of fused-ring (bicyclic) bond motifs is 1. The molecular formula is C23H21F3N2O3S. The van der Waals surface area contributed by atoms with Crippen molar-refractivity contribution in [1.29, 1.82) is 0 Å². The number of rotatable bonds is 5. The van der Waals surface area contributed by atoms with Crippen LogP contribution < -0.4 is 10.2 Å². The summed E-state index contributed by atoms with van der Waals surface area (Å²) in [7, 11) is 0. The summed E-state index contributed by atoms with van der Waals surface area (Å²) in [6, 6.07) is 11.8. The highest BCUT2D eigenvalue weighted by molar-refractivity contribution is 8.04. The summed E-state index contributed by atoms with van der Waals surface area (Å²) in [6.07, 6.45) is -1.03. The molecule has 0 saturated carbocycles. The van der Waals surface area contributed by atoms with Gasteiger partial charge in [-0.25, -0.2) is 0 Å². The smallest absolute Gasteiger partial charge is 0.376 e. The van der Waals surface area contributed by atoms with Crippen LogP contribution in [0.2, 0.25) is 0 Å². The van der Waals surface area contributed by atoms with Gasteiger partial charge in [0, 0.05) is 18.0 Å². The number of nitrogens with zero attached hydrogens (tertiary/aromatic N) is 1. The van der Waals surface area contributed by atoms with E-state index in [0.717, 1.165) is 29.9 Å². The molecule has 2 heterocycles. The highest BCUT2D eigenvalue weighted by Crippen LogP contribution is 2.42. The molecule has 0 aliphatic carbocycles. The van der Waals surface area contributed by atoms with Crippen molar-refractivity contribution in [1.82, 2.24) is 5.32 Å². The molecule has 0 bridgehead atoms. The third-order valence-electron chi connectivity index (χ3n) is 5.22. The lowest BCUT2D eigenvalue weighted by Crippen LogP contribution is -2.44. The topological polar surface area (TPSA) is 58.6 Å². The number of hydrogen-bond donors (Lipinski definition) is 1. The minimum atomic E-state index is -4.42. The predicted molar refractivity (Wildman–Crippen MR) is 116 cm³/mol. The van der Waals surface area contributed by atoms with Gasteiger partial charge in [-0.3, -0.25) is 14.5 Å². The van der Waals surface area contributed by atoms with Gasteiger partial charge in [-0.2, -0.15) is 13.2 Å². The van der Waals surface area contributed by atoms with Crippen molar-refractivity contribution >= 4 is 35.3 Å². The van der Waals surface area contributed by atoms with Crippen LogP contribution in [0.15, 0.2) is 58.3 Å². The molecule has 4 rings (SSSR count). The molecule has 2 aliphatic rings. The fraction of sp³-hybridized carbons (Fsp3) is 0.304. The van der Waals surface area contributed by atoms with Crippen molar-refractivity contribution < 1.29 is 27.5 Å². The third-order valence-corrected chi connectivity index (χ3v) is 6.30. The van der Waals surface area contributed by atoms with E-state index >= 15 is 0 Å². The van der Waals surface area contributed by atoms with Gasteiger partial charge in [-0.05, 0) is 48.7 Å². The zero-order chi connectivity index (χ0) is 22.7. The van der Waals surface area contributed by atoms with Gasteiger partial charge in [0.1, 0.15) is 6.54 Å². The van der Waals surface area contributed by atoms with Gasteiger partial charge >= 0.3 is 6.18 Å². The Balaban J connectivity index is 1.53. The van der Waals surface area contributed by atoms with Gasteiger partial charge in [0.15, 0.2) is 0 Å². The maximum Gasteiger partial charge on any atom is 0.416 e. The minimum absolute atomic E-state index is 0.00558. The Bertz CT molecular complexity index is 1030. The van der Waals surface area contributed by atoms with Crippen molar-refractivity contribution in [3.8, 4) is 0 Å². The number of benzene rings is 2. The van der Waals surface area contributed by atoms with E-state index in [1.807, 2.05) is 12.1 Å². The van der Waals surface area contributed by atoms with Crippen molar-refractivity contribution in [2.45, 2.75) is 30.0 Å². The van der Waals surface area contributed by atoms with Crippen molar-refractivity contribution in [2.75, 3.05) is 24.6 Å². The number of thioether (sulfide) groups is 1. The zero-order valence-electron chi connectivity index (χ0n) is 17.0. The standard InChI is InChI=1S/C23H21F3N2O3S/c24-23(25,26)16-9-7-15(8-10-16)12-20-22(30)28(18-5-1-2-6-19(18)32-20)14-21(29)27-13-17-4-3-11-31-17/h1-2,5-10,12,17H,3-4,11,13-14H2,(H,27,29)/b20-12+. The second-order valence-corrected chi connectivity index (χ2v) is 8.61. The van der Waals surface area contributed by atoms with E-state index in [1.54, 1.807) is 18.2 Å². The van der Waals surface area contributed by atoms with E-state index < -0.39 is 11.7 Å². The molecule has 2 aromatic carbocycles. The molecule has 168 valence electrons. The molecular weight excluding hydrogens is 441 g/mol. The number of nitrogens with one attached hydrogen (secondary N) is 1. The average Bonchev–Trinajstić information content (AvgIpc) is 3.29. The first-order chi connectivity index (χ1) is 15.3. The summed E-state index contributed by atoms with van der Waals surface area (Å²) in [5, 5.41) is 2.82. The number of anilines is 1. The van der Waals surface area contributed by atoms with Gasteiger partial charge in [0.25, 0.3) is 5.91 Å². The van der Waals surface area contributed by atoms with E-state index in [1.165, 1.54) is 28.8 Å². The molecule has 1 fully saturated rings. The number of hydrogen-bond acceptors (Lipinski definition) is 4. The normalized spacial score (nSPS) is 19.8. The summed E-state index contributed by atoms with van der Waals surface area (Å²) >= 11 is 1.23. The summed E-state index contributed by atoms with van der Waals surface area (Å²) < 4.78 is 43.9. The van der Waals surface area contributed by atoms with Gasteiger partial charge in [-0.1, -0.05) is 36.0 Å². The second kappa shape index (κ2) is 9.38. The van der Waals surface area contributed by atoms with Crippen LogP contribution in [0.5, 0.6) is 0 Å². The molecule has 0 spiro atoms. The molecule has 1 atom stereocenters. The van der Waals surface area contributed by atoms with E-state index in [-0.39, 0.29) is 24.5 Å². The number of alkyl halides is 3. The molecule has 2 aromatic rings. The average molecular weight is 462 g/mol. The molecule has 0 aromatic heterocycles. The zero-order valence-corrected chi connectivity index (χ0v) is 17.8. The predicted octanol–water partition coefficient (Wildman–Crippen LogP) is 4.48. The number of amides is 2. The molecule has 9 heteroatoms. The van der Waals surface area contributed by atoms with Gasteiger partial charge < -0.3 is 10.1 Å². The summed E-state index contributed by atoms with van der Waals surface area (Å²) in [4.78, 5) is 28.2. The highest BCUT2D eigenvalue weighted by Gasteiger charge is 2.32. The number of ether oxygens (including phenoxy) is 1. The lowest BCUT2D eigenvalue weighted by Gasteiger charge is -2.30. The molecule has 32 heavy (non-hydrogen) atoms. The van der Waals surface area contributed by atoms with Crippen LogP contribution in [-0.2, 0) is 20.5 Å². The van der Waals surface area contributed by atoms with Gasteiger partial charge in [-0.15, -0.1) is 0 Å². The van der Waals surface area contributed by atoms with Crippen LogP contribution in [0.25, 0.3) is 6.08 Å². The van der Waals surface area contributed by atoms with Crippen LogP contribution in [0, 0.1) is 0 Å². The monoisotopic (exact) mass is 462 g/mol. The molecule has 1 N–H and O–H groups in total. The Kier molecular flexibility index (Phi) is 6.57. The van der Waals surface area contributed by atoms with E-state index in [0.29, 0.717) is 29.3 Å². The summed E-state index contributed by atoms with van der Waals surface area (Å²) in [5.41, 5.74) is 0.340. The van der Waals surface area contributed by atoms with E-state index in [2.05, 4.69) is 5.32 Å². The lowest BCUT2D eigenvalue weighted by molar-refractivity contribution is -0.137. The van der Waals surface area contributed by atoms with Crippen molar-refractivity contribution in [2.24, 2.45) is 0 Å². The Labute approximate surface area is 187 Å². The van der Waals surface area contributed by atoms with Crippen molar-refractivity contribution in [3.05, 3.63) is 64.6 Å². The van der Waals surface area contributed by atoms with Crippen LogP contribution in [-0.4, -0.2) is 37.6 Å². The second-order valence-electron chi connectivity index (χ2n) is 7.53. The van der Waals surface area contributed by atoms with Crippen molar-refractivity contribution in [3.63, 3.8) is 0 Å². The lowest BCUT2D eigenvalue weighted by atomic mass is 10.1.